The number of aromatic nitrogens is 1. The molecular weight excluding hydrogens is 260 g/mol. The van der Waals surface area contributed by atoms with Gasteiger partial charge in [-0.25, -0.2) is 4.98 Å². The first-order chi connectivity index (χ1) is 9.17. The molecule has 0 atom stereocenters. The van der Waals surface area contributed by atoms with Crippen LogP contribution in [0.3, 0.4) is 0 Å². The molecule has 0 unspecified atom stereocenters. The van der Waals surface area contributed by atoms with E-state index in [1.165, 1.54) is 30.6 Å². The smallest absolute Gasteiger partial charge is 0.268 e. The Hall–Kier alpha value is -1.30. The summed E-state index contributed by atoms with van der Waals surface area (Å²) in [5.74, 6) is 0.375. The van der Waals surface area contributed by atoms with Gasteiger partial charge in [0.05, 0.1) is 0 Å². The van der Waals surface area contributed by atoms with Crippen LogP contribution in [-0.4, -0.2) is 35.4 Å². The van der Waals surface area contributed by atoms with Crippen molar-refractivity contribution in [3.63, 3.8) is 0 Å². The normalized spacial score (nSPS) is 16.3. The summed E-state index contributed by atoms with van der Waals surface area (Å²) >= 11 is 1.34. The largest absolute Gasteiger partial charge is 0.382 e. The lowest BCUT2D eigenvalue weighted by Gasteiger charge is -2.33. The highest BCUT2D eigenvalue weighted by Gasteiger charge is 2.27. The van der Waals surface area contributed by atoms with E-state index in [1.54, 1.807) is 7.05 Å². The maximum atomic E-state index is 12.6. The quantitative estimate of drug-likeness (QED) is 0.890. The standard InChI is InChI=1S/C13H22N4OS/c1-3-17(9-7-5-4-6-8-9)12(18)10-11(14)16-13(15-2)19-10/h9H,3-8,14H2,1-2H3,(H,15,16). The van der Waals surface area contributed by atoms with Crippen LogP contribution in [0.1, 0.15) is 48.7 Å². The maximum absolute atomic E-state index is 12.6. The summed E-state index contributed by atoms with van der Waals surface area (Å²) < 4.78 is 0. The molecule has 0 spiro atoms. The van der Waals surface area contributed by atoms with E-state index in [0.29, 0.717) is 21.9 Å². The van der Waals surface area contributed by atoms with Crippen LogP contribution in [0.4, 0.5) is 10.9 Å². The Morgan fingerprint density at radius 2 is 2.16 bits per heavy atom. The summed E-state index contributed by atoms with van der Waals surface area (Å²) in [7, 11) is 1.78. The minimum Gasteiger partial charge on any atom is -0.382 e. The summed E-state index contributed by atoms with van der Waals surface area (Å²) in [6.07, 6.45) is 5.94. The van der Waals surface area contributed by atoms with Crippen molar-refractivity contribution in [2.75, 3.05) is 24.6 Å². The number of amides is 1. The third-order valence-electron chi connectivity index (χ3n) is 3.68. The highest BCUT2D eigenvalue weighted by molar-refractivity contribution is 7.18. The van der Waals surface area contributed by atoms with E-state index in [2.05, 4.69) is 10.3 Å². The lowest BCUT2D eigenvalue weighted by molar-refractivity contribution is 0.0654. The number of thiazole rings is 1. The Bertz CT molecular complexity index is 440. The number of hydrogen-bond acceptors (Lipinski definition) is 5. The molecule has 0 radical (unpaired) electrons. The molecule has 0 bridgehead atoms. The molecule has 0 saturated heterocycles. The predicted octanol–water partition coefficient (Wildman–Crippen LogP) is 2.56. The van der Waals surface area contributed by atoms with Crippen LogP contribution in [0.25, 0.3) is 0 Å². The van der Waals surface area contributed by atoms with Gasteiger partial charge in [0.1, 0.15) is 10.7 Å². The summed E-state index contributed by atoms with van der Waals surface area (Å²) in [6.45, 7) is 2.76. The number of carbonyl (C=O) groups is 1. The fourth-order valence-electron chi connectivity index (χ4n) is 2.68. The van der Waals surface area contributed by atoms with E-state index >= 15 is 0 Å². The van der Waals surface area contributed by atoms with Crippen LogP contribution in [-0.2, 0) is 0 Å². The Balaban J connectivity index is 2.17. The number of nitrogens with two attached hydrogens (primary N) is 1. The molecule has 1 fully saturated rings. The summed E-state index contributed by atoms with van der Waals surface area (Å²) in [6, 6.07) is 0.366. The van der Waals surface area contributed by atoms with Crippen molar-refractivity contribution in [3.8, 4) is 0 Å². The van der Waals surface area contributed by atoms with E-state index in [0.717, 1.165) is 19.4 Å². The molecule has 1 aliphatic rings. The lowest BCUT2D eigenvalue weighted by Crippen LogP contribution is -2.41. The van der Waals surface area contributed by atoms with Gasteiger partial charge in [-0.05, 0) is 19.8 Å². The highest BCUT2D eigenvalue weighted by atomic mass is 32.1. The molecule has 1 saturated carbocycles. The van der Waals surface area contributed by atoms with Crippen molar-refractivity contribution in [1.82, 2.24) is 9.88 Å². The molecule has 1 heterocycles. The molecule has 19 heavy (non-hydrogen) atoms. The van der Waals surface area contributed by atoms with Gasteiger partial charge in [0.2, 0.25) is 0 Å². The number of nitrogen functional groups attached to an aromatic ring is 1. The predicted molar refractivity (Wildman–Crippen MR) is 79.7 cm³/mol. The molecule has 0 aromatic carbocycles. The van der Waals surface area contributed by atoms with Crippen molar-refractivity contribution in [2.45, 2.75) is 45.1 Å². The molecule has 1 amide bonds. The Morgan fingerprint density at radius 1 is 1.47 bits per heavy atom. The van der Waals surface area contributed by atoms with E-state index in [4.69, 9.17) is 5.73 Å². The Kier molecular flexibility index (Phi) is 4.63. The molecule has 6 heteroatoms. The van der Waals surface area contributed by atoms with Crippen LogP contribution in [0, 0.1) is 0 Å². The van der Waals surface area contributed by atoms with Crippen LogP contribution in [0.2, 0.25) is 0 Å². The zero-order valence-corrected chi connectivity index (χ0v) is 12.4. The van der Waals surface area contributed by atoms with Gasteiger partial charge in [-0.2, -0.15) is 0 Å². The second-order valence-corrected chi connectivity index (χ2v) is 5.87. The number of nitrogens with one attached hydrogen (secondary N) is 1. The average Bonchev–Trinajstić information content (AvgIpc) is 2.82. The number of rotatable bonds is 4. The van der Waals surface area contributed by atoms with Crippen molar-refractivity contribution in [1.29, 1.82) is 0 Å². The van der Waals surface area contributed by atoms with Crippen LogP contribution in [0.15, 0.2) is 0 Å². The van der Waals surface area contributed by atoms with Crippen LogP contribution < -0.4 is 11.1 Å². The zero-order valence-electron chi connectivity index (χ0n) is 11.6. The zero-order chi connectivity index (χ0) is 13.8. The van der Waals surface area contributed by atoms with Crippen molar-refractivity contribution in [3.05, 3.63) is 4.88 Å². The average molecular weight is 282 g/mol. The van der Waals surface area contributed by atoms with Gasteiger partial charge in [0.15, 0.2) is 5.13 Å². The van der Waals surface area contributed by atoms with E-state index in [9.17, 15) is 4.79 Å². The molecule has 1 aromatic rings. The SMILES string of the molecule is CCN(C(=O)c1sc(NC)nc1N)C1CCCCC1. The topological polar surface area (TPSA) is 71.2 Å². The first-order valence-electron chi connectivity index (χ1n) is 6.92. The number of nitrogens with zero attached hydrogens (tertiary/aromatic N) is 2. The Labute approximate surface area is 118 Å². The van der Waals surface area contributed by atoms with Crippen molar-refractivity contribution < 1.29 is 4.79 Å². The second kappa shape index (κ2) is 6.23. The van der Waals surface area contributed by atoms with Gasteiger partial charge in [-0.15, -0.1) is 0 Å². The van der Waals surface area contributed by atoms with Crippen LogP contribution in [0.5, 0.6) is 0 Å². The third kappa shape index (κ3) is 3.00. The van der Waals surface area contributed by atoms with Crippen molar-refractivity contribution >= 4 is 28.2 Å². The van der Waals surface area contributed by atoms with E-state index in [-0.39, 0.29) is 5.91 Å². The van der Waals surface area contributed by atoms with Gasteiger partial charge in [-0.3, -0.25) is 4.79 Å². The third-order valence-corrected chi connectivity index (χ3v) is 4.76. The van der Waals surface area contributed by atoms with E-state index < -0.39 is 0 Å². The number of carbonyl (C=O) groups excluding carboxylic acids is 1. The molecule has 1 aliphatic carbocycles. The summed E-state index contributed by atoms with van der Waals surface area (Å²) in [5, 5.41) is 3.63. The minimum atomic E-state index is 0.0332. The number of hydrogen-bond donors (Lipinski definition) is 2. The van der Waals surface area contributed by atoms with Crippen molar-refractivity contribution in [2.24, 2.45) is 0 Å². The minimum absolute atomic E-state index is 0.0332. The van der Waals surface area contributed by atoms with Gasteiger partial charge < -0.3 is 16.0 Å². The van der Waals surface area contributed by atoms with Crippen LogP contribution >= 0.6 is 11.3 Å². The van der Waals surface area contributed by atoms with Gasteiger partial charge in [0.25, 0.3) is 5.91 Å². The second-order valence-electron chi connectivity index (χ2n) is 4.87. The summed E-state index contributed by atoms with van der Waals surface area (Å²) in [4.78, 5) is 19.3. The molecular formula is C13H22N4OS. The molecule has 1 aromatic heterocycles. The molecule has 106 valence electrons. The summed E-state index contributed by atoms with van der Waals surface area (Å²) in [5.41, 5.74) is 5.85. The maximum Gasteiger partial charge on any atom is 0.268 e. The molecule has 5 nitrogen and oxygen atoms in total. The first-order valence-corrected chi connectivity index (χ1v) is 7.74. The molecule has 0 aliphatic heterocycles. The van der Waals surface area contributed by atoms with Gasteiger partial charge >= 0.3 is 0 Å². The van der Waals surface area contributed by atoms with Gasteiger partial charge in [0, 0.05) is 19.6 Å². The van der Waals surface area contributed by atoms with E-state index in [1.807, 2.05) is 11.8 Å². The fraction of sp³-hybridized carbons (Fsp3) is 0.692. The van der Waals surface area contributed by atoms with Gasteiger partial charge in [-0.1, -0.05) is 30.6 Å². The number of anilines is 2. The highest BCUT2D eigenvalue weighted by Crippen LogP contribution is 2.29. The molecule has 3 N–H and O–H groups in total. The molecule has 2 rings (SSSR count). The lowest BCUT2D eigenvalue weighted by atomic mass is 9.94. The monoisotopic (exact) mass is 282 g/mol. The Morgan fingerprint density at radius 3 is 2.68 bits per heavy atom. The fourth-order valence-corrected chi connectivity index (χ4v) is 3.48. The first kappa shape index (κ1) is 14.1.